The number of benzene rings is 4. The molecule has 0 atom stereocenters. The molecule has 6 nitrogen and oxygen atoms in total. The van der Waals surface area contributed by atoms with Gasteiger partial charge in [-0.15, -0.1) is 0 Å². The first kappa shape index (κ1) is 24.1. The van der Waals surface area contributed by atoms with Crippen LogP contribution in [0.1, 0.15) is 31.8 Å². The summed E-state index contributed by atoms with van der Waals surface area (Å²) >= 11 is 0. The summed E-state index contributed by atoms with van der Waals surface area (Å²) in [6, 6.07) is 15.7. The van der Waals surface area contributed by atoms with Crippen LogP contribution >= 0.6 is 0 Å². The number of amides is 1. The van der Waals surface area contributed by atoms with Gasteiger partial charge in [0.25, 0.3) is 5.91 Å². The molecule has 0 radical (unpaired) electrons. The van der Waals surface area contributed by atoms with Crippen LogP contribution in [0.3, 0.4) is 0 Å². The van der Waals surface area contributed by atoms with Crippen molar-refractivity contribution in [2.45, 2.75) is 12.6 Å². The summed E-state index contributed by atoms with van der Waals surface area (Å²) in [6.45, 7) is 0. The lowest BCUT2D eigenvalue weighted by Crippen LogP contribution is -2.26. The van der Waals surface area contributed by atoms with E-state index in [4.69, 9.17) is 9.84 Å². The number of carboxylic acids is 1. The molecule has 0 aromatic heterocycles. The van der Waals surface area contributed by atoms with Crippen LogP contribution in [0.15, 0.2) is 66.7 Å². The van der Waals surface area contributed by atoms with E-state index in [-0.39, 0.29) is 34.2 Å². The van der Waals surface area contributed by atoms with Crippen LogP contribution in [0.5, 0.6) is 11.5 Å². The number of ether oxygens (including phenoxy) is 1. The molecular formula is C28H18F3NO5. The van der Waals surface area contributed by atoms with Crippen molar-refractivity contribution in [3.05, 3.63) is 89.0 Å². The smallest absolute Gasteiger partial charge is 0.416 e. The van der Waals surface area contributed by atoms with E-state index in [2.05, 4.69) is 0 Å². The highest BCUT2D eigenvalue weighted by Gasteiger charge is 2.33. The van der Waals surface area contributed by atoms with Crippen LogP contribution in [0, 0.1) is 0 Å². The Morgan fingerprint density at radius 3 is 2.27 bits per heavy atom. The van der Waals surface area contributed by atoms with Gasteiger partial charge in [-0.1, -0.05) is 24.3 Å². The molecule has 1 heterocycles. The van der Waals surface area contributed by atoms with Crippen LogP contribution in [-0.4, -0.2) is 30.3 Å². The molecule has 0 saturated carbocycles. The van der Waals surface area contributed by atoms with Crippen molar-refractivity contribution in [1.29, 1.82) is 0 Å². The number of hydrogen-bond acceptors (Lipinski definition) is 4. The fourth-order valence-electron chi connectivity index (χ4n) is 4.51. The molecule has 0 spiro atoms. The van der Waals surface area contributed by atoms with E-state index in [1.807, 2.05) is 0 Å². The van der Waals surface area contributed by atoms with Crippen LogP contribution in [-0.2, 0) is 17.4 Å². The lowest BCUT2D eigenvalue weighted by Gasteiger charge is -2.25. The quantitative estimate of drug-likeness (QED) is 0.282. The Morgan fingerprint density at radius 2 is 1.62 bits per heavy atom. The van der Waals surface area contributed by atoms with Gasteiger partial charge in [0.15, 0.2) is 6.29 Å². The number of hydrogen-bond donors (Lipinski definition) is 1. The lowest BCUT2D eigenvalue weighted by molar-refractivity contribution is -0.138. The lowest BCUT2D eigenvalue weighted by atomic mass is 9.89. The van der Waals surface area contributed by atoms with Gasteiger partial charge in [-0.2, -0.15) is 13.2 Å². The Bertz CT molecular complexity index is 1590. The monoisotopic (exact) mass is 505 g/mol. The fourth-order valence-corrected chi connectivity index (χ4v) is 4.51. The largest absolute Gasteiger partial charge is 0.481 e. The second-order valence-electron chi connectivity index (χ2n) is 8.59. The van der Waals surface area contributed by atoms with Crippen molar-refractivity contribution in [3.63, 3.8) is 0 Å². The number of carbonyl (C=O) groups excluding carboxylic acids is 2. The first-order valence-corrected chi connectivity index (χ1v) is 11.1. The number of aliphatic carboxylic acids is 1. The molecule has 0 bridgehead atoms. The third-order valence-electron chi connectivity index (χ3n) is 6.31. The molecule has 4 aromatic carbocycles. The second-order valence-corrected chi connectivity index (χ2v) is 8.59. The second kappa shape index (κ2) is 8.77. The van der Waals surface area contributed by atoms with Gasteiger partial charge in [0.1, 0.15) is 11.5 Å². The van der Waals surface area contributed by atoms with Crippen molar-refractivity contribution < 1.29 is 37.4 Å². The third-order valence-corrected chi connectivity index (χ3v) is 6.31. The van der Waals surface area contributed by atoms with Gasteiger partial charge in [-0.05, 0) is 53.6 Å². The van der Waals surface area contributed by atoms with E-state index in [1.165, 1.54) is 30.1 Å². The minimum atomic E-state index is -4.56. The Hall–Kier alpha value is -4.66. The highest BCUT2D eigenvalue weighted by atomic mass is 19.4. The van der Waals surface area contributed by atoms with Gasteiger partial charge >= 0.3 is 12.1 Å². The van der Waals surface area contributed by atoms with Gasteiger partial charge in [0.05, 0.1) is 12.0 Å². The number of rotatable bonds is 5. The summed E-state index contributed by atoms with van der Waals surface area (Å²) in [4.78, 5) is 37.8. The van der Waals surface area contributed by atoms with Crippen LogP contribution < -0.4 is 9.64 Å². The highest BCUT2D eigenvalue weighted by molar-refractivity contribution is 6.21. The van der Waals surface area contributed by atoms with Gasteiger partial charge in [0, 0.05) is 40.2 Å². The molecule has 0 unspecified atom stereocenters. The Balaban J connectivity index is 1.64. The molecule has 37 heavy (non-hydrogen) atoms. The molecule has 0 saturated heterocycles. The molecule has 5 rings (SSSR count). The molecular weight excluding hydrogens is 487 g/mol. The minimum Gasteiger partial charge on any atom is -0.481 e. The fraction of sp³-hybridized carbons (Fsp3) is 0.107. The molecule has 1 aliphatic heterocycles. The highest BCUT2D eigenvalue weighted by Crippen LogP contribution is 2.49. The summed E-state index contributed by atoms with van der Waals surface area (Å²) in [5.74, 6) is -0.891. The van der Waals surface area contributed by atoms with E-state index in [0.717, 1.165) is 12.1 Å². The van der Waals surface area contributed by atoms with Gasteiger partial charge in [-0.3, -0.25) is 14.4 Å². The van der Waals surface area contributed by atoms with Crippen LogP contribution in [0.2, 0.25) is 0 Å². The predicted octanol–water partition coefficient (Wildman–Crippen LogP) is 6.35. The van der Waals surface area contributed by atoms with E-state index in [1.54, 1.807) is 36.4 Å². The summed E-state index contributed by atoms with van der Waals surface area (Å²) in [6.07, 6.45) is -4.13. The standard InChI is InChI=1S/C28H18F3NO5/c1-32(18-6-2-15(3-7-18)12-24(34)35)27(36)20-9-11-23-26-19(8-4-16(14-33)25(20)26)21-13-17(28(29,30)31)5-10-22(21)37-23/h2-11,13-14H,12H2,1H3,(H,34,35). The van der Waals surface area contributed by atoms with E-state index in [9.17, 15) is 27.6 Å². The number of carboxylic acid groups (broad SMARTS) is 1. The molecule has 1 aliphatic rings. The normalized spacial score (nSPS) is 12.0. The van der Waals surface area contributed by atoms with Crippen LogP contribution in [0.4, 0.5) is 18.9 Å². The predicted molar refractivity (Wildman–Crippen MR) is 130 cm³/mol. The molecule has 0 aliphatic carbocycles. The molecule has 9 heteroatoms. The van der Waals surface area contributed by atoms with Crippen molar-refractivity contribution in [2.24, 2.45) is 0 Å². The zero-order valence-corrected chi connectivity index (χ0v) is 19.3. The summed E-state index contributed by atoms with van der Waals surface area (Å²) < 4.78 is 46.1. The third kappa shape index (κ3) is 4.18. The number of nitrogens with zero attached hydrogens (tertiary/aromatic N) is 1. The first-order chi connectivity index (χ1) is 17.6. The average Bonchev–Trinajstić information content (AvgIpc) is 2.87. The molecule has 186 valence electrons. The Labute approximate surface area is 208 Å². The topological polar surface area (TPSA) is 83.9 Å². The summed E-state index contributed by atoms with van der Waals surface area (Å²) in [5, 5.41) is 9.60. The zero-order chi connectivity index (χ0) is 26.5. The number of alkyl halides is 3. The zero-order valence-electron chi connectivity index (χ0n) is 19.3. The maximum Gasteiger partial charge on any atom is 0.416 e. The minimum absolute atomic E-state index is 0.160. The summed E-state index contributed by atoms with van der Waals surface area (Å²) in [5.41, 5.74) is 1.19. The molecule has 1 amide bonds. The van der Waals surface area contributed by atoms with E-state index < -0.39 is 23.6 Å². The summed E-state index contributed by atoms with van der Waals surface area (Å²) in [7, 11) is 1.53. The van der Waals surface area contributed by atoms with Gasteiger partial charge in [-0.25, -0.2) is 0 Å². The van der Waals surface area contributed by atoms with Gasteiger partial charge in [0.2, 0.25) is 0 Å². The number of anilines is 1. The van der Waals surface area contributed by atoms with Crippen molar-refractivity contribution >= 4 is 34.6 Å². The van der Waals surface area contributed by atoms with Crippen LogP contribution in [0.25, 0.3) is 21.9 Å². The molecule has 0 fully saturated rings. The molecule has 1 N–H and O–H groups in total. The van der Waals surface area contributed by atoms with E-state index >= 15 is 0 Å². The maximum atomic E-state index is 13.6. The maximum absolute atomic E-state index is 13.6. The Morgan fingerprint density at radius 1 is 0.919 bits per heavy atom. The van der Waals surface area contributed by atoms with E-state index in [0.29, 0.717) is 34.2 Å². The average molecular weight is 505 g/mol. The SMILES string of the molecule is CN(C(=O)c1ccc2c3c(ccc(C=O)c13)-c1cc(C(F)(F)F)ccc1O2)c1ccc(CC(=O)O)cc1. The Kier molecular flexibility index (Phi) is 5.70. The van der Waals surface area contributed by atoms with Crippen molar-refractivity contribution in [3.8, 4) is 22.6 Å². The van der Waals surface area contributed by atoms with Gasteiger partial charge < -0.3 is 14.7 Å². The number of halogens is 3. The number of fused-ring (bicyclic) bond motifs is 2. The number of carbonyl (C=O) groups is 3. The molecule has 4 aromatic rings. The van der Waals surface area contributed by atoms with Crippen molar-refractivity contribution in [1.82, 2.24) is 0 Å². The van der Waals surface area contributed by atoms with Crippen molar-refractivity contribution in [2.75, 3.05) is 11.9 Å². The first-order valence-electron chi connectivity index (χ1n) is 11.1. The number of aldehydes is 1.